The predicted octanol–water partition coefficient (Wildman–Crippen LogP) is 5.00. The maximum Gasteiger partial charge on any atom is 0.163 e. The summed E-state index contributed by atoms with van der Waals surface area (Å²) in [6.45, 7) is 4.17. The number of anilines is 2. The Balaban J connectivity index is 1.12. The summed E-state index contributed by atoms with van der Waals surface area (Å²) in [7, 11) is 1.65. The second-order valence-electron chi connectivity index (χ2n) is 10.2. The van der Waals surface area contributed by atoms with Crippen LogP contribution in [-0.2, 0) is 17.7 Å². The highest BCUT2D eigenvalue weighted by atomic mass is 32.2. The number of unbranched alkanes of at least 4 members (excludes halogenated alkanes) is 1. The molecule has 1 aliphatic heterocycles. The Kier molecular flexibility index (Phi) is 8.50. The molecule has 0 amide bonds. The molecule has 10 heteroatoms. The van der Waals surface area contributed by atoms with E-state index in [0.29, 0.717) is 23.9 Å². The van der Waals surface area contributed by atoms with E-state index in [9.17, 15) is 4.55 Å². The van der Waals surface area contributed by atoms with Crippen LogP contribution in [0.15, 0.2) is 73.2 Å². The minimum Gasteiger partial charge on any atom is -0.616 e. The molecule has 3 aromatic carbocycles. The Morgan fingerprint density at radius 1 is 0.976 bits per heavy atom. The maximum absolute atomic E-state index is 11.5. The number of methoxy groups -OCH3 is 1. The third kappa shape index (κ3) is 6.56. The van der Waals surface area contributed by atoms with Crippen LogP contribution in [0, 0.1) is 0 Å². The summed E-state index contributed by atoms with van der Waals surface area (Å²) in [4.78, 5) is 11.4. The lowest BCUT2D eigenvalue weighted by Gasteiger charge is -2.27. The van der Waals surface area contributed by atoms with Gasteiger partial charge in [-0.25, -0.2) is 9.97 Å². The largest absolute Gasteiger partial charge is 0.616 e. The third-order valence-electron chi connectivity index (χ3n) is 7.40. The van der Waals surface area contributed by atoms with Crippen molar-refractivity contribution < 1.29 is 14.0 Å². The van der Waals surface area contributed by atoms with Crippen molar-refractivity contribution in [2.45, 2.75) is 19.4 Å². The first-order valence-corrected chi connectivity index (χ1v) is 15.4. The van der Waals surface area contributed by atoms with E-state index < -0.39 is 11.2 Å². The van der Waals surface area contributed by atoms with E-state index in [1.807, 2.05) is 47.3 Å². The Labute approximate surface area is 242 Å². The lowest BCUT2D eigenvalue weighted by Crippen LogP contribution is -2.40. The molecule has 5 aromatic rings. The summed E-state index contributed by atoms with van der Waals surface area (Å²) in [5.41, 5.74) is 3.97. The molecule has 0 aliphatic carbocycles. The van der Waals surface area contributed by atoms with Crippen molar-refractivity contribution in [3.05, 3.63) is 78.8 Å². The van der Waals surface area contributed by atoms with Gasteiger partial charge in [-0.2, -0.15) is 5.10 Å². The molecule has 0 saturated carbocycles. The summed E-state index contributed by atoms with van der Waals surface area (Å²) in [6, 6.07) is 20.4. The highest BCUT2D eigenvalue weighted by Crippen LogP contribution is 2.35. The number of fused-ring (bicyclic) bond motifs is 2. The van der Waals surface area contributed by atoms with Crippen molar-refractivity contribution in [2.75, 3.05) is 50.2 Å². The van der Waals surface area contributed by atoms with Gasteiger partial charge in [0.05, 0.1) is 37.5 Å². The van der Waals surface area contributed by atoms with Crippen LogP contribution < -0.4 is 14.8 Å². The molecule has 2 aromatic heterocycles. The molecule has 0 unspecified atom stereocenters. The molecule has 1 saturated heterocycles. The van der Waals surface area contributed by atoms with E-state index >= 15 is 0 Å². The van der Waals surface area contributed by atoms with E-state index in [0.717, 1.165) is 78.0 Å². The summed E-state index contributed by atoms with van der Waals surface area (Å²) < 4.78 is 25.3. The Hall–Kier alpha value is -3.86. The Morgan fingerprint density at radius 3 is 2.66 bits per heavy atom. The fourth-order valence-corrected chi connectivity index (χ4v) is 6.27. The fraction of sp³-hybridized carbons (Fsp3) is 0.323. The number of nitrogens with zero attached hydrogens (tertiary/aromatic N) is 5. The molecule has 1 fully saturated rings. The van der Waals surface area contributed by atoms with Crippen LogP contribution in [0.4, 0.5) is 11.5 Å². The summed E-state index contributed by atoms with van der Waals surface area (Å²) in [5.74, 6) is 3.59. The molecule has 1 N–H and O–H groups in total. The van der Waals surface area contributed by atoms with Crippen LogP contribution in [0.3, 0.4) is 0 Å². The zero-order valence-electron chi connectivity index (χ0n) is 23.2. The average molecular weight is 571 g/mol. The number of hydrogen-bond donors (Lipinski definition) is 1. The van der Waals surface area contributed by atoms with Gasteiger partial charge in [0, 0.05) is 35.6 Å². The summed E-state index contributed by atoms with van der Waals surface area (Å²) in [5, 5.41) is 9.95. The van der Waals surface area contributed by atoms with Crippen molar-refractivity contribution in [1.82, 2.24) is 24.6 Å². The first-order chi connectivity index (χ1) is 20.2. The zero-order valence-corrected chi connectivity index (χ0v) is 24.0. The molecule has 6 rings (SSSR count). The molecular weight excluding hydrogens is 536 g/mol. The van der Waals surface area contributed by atoms with Gasteiger partial charge in [0.15, 0.2) is 11.5 Å². The molecule has 3 heterocycles. The van der Waals surface area contributed by atoms with Crippen molar-refractivity contribution in [3.8, 4) is 11.5 Å². The summed E-state index contributed by atoms with van der Waals surface area (Å²) in [6.07, 6.45) is 5.42. The van der Waals surface area contributed by atoms with Crippen LogP contribution in [0.2, 0.25) is 0 Å². The van der Waals surface area contributed by atoms with Gasteiger partial charge in [0.1, 0.15) is 23.7 Å². The van der Waals surface area contributed by atoms with Gasteiger partial charge in [-0.1, -0.05) is 41.5 Å². The smallest absolute Gasteiger partial charge is 0.163 e. The van der Waals surface area contributed by atoms with E-state index in [1.54, 1.807) is 13.4 Å². The van der Waals surface area contributed by atoms with Gasteiger partial charge >= 0.3 is 0 Å². The van der Waals surface area contributed by atoms with E-state index in [1.165, 1.54) is 5.56 Å². The SMILES string of the molecule is COc1cc2c(Nc3ccc4c(cnn4Cc4ccccc4)c3)ncnc2cc1OCCCCN1CC[S+]([O-])CC1. The minimum absolute atomic E-state index is 0.593. The highest BCUT2D eigenvalue weighted by Gasteiger charge is 2.18. The number of nitrogens with one attached hydrogen (secondary N) is 1. The monoisotopic (exact) mass is 570 g/mol. The van der Waals surface area contributed by atoms with Gasteiger partial charge in [-0.05, 0) is 49.2 Å². The zero-order chi connectivity index (χ0) is 28.0. The first kappa shape index (κ1) is 27.3. The van der Waals surface area contributed by atoms with Gasteiger partial charge < -0.3 is 19.3 Å². The van der Waals surface area contributed by atoms with E-state index in [2.05, 4.69) is 49.5 Å². The number of aromatic nitrogens is 4. The van der Waals surface area contributed by atoms with Crippen LogP contribution in [0.1, 0.15) is 18.4 Å². The average Bonchev–Trinajstić information content (AvgIpc) is 3.40. The van der Waals surface area contributed by atoms with E-state index in [-0.39, 0.29) is 0 Å². The first-order valence-electron chi connectivity index (χ1n) is 14.0. The molecule has 212 valence electrons. The molecule has 0 atom stereocenters. The molecule has 1 aliphatic rings. The number of benzene rings is 3. The topological polar surface area (TPSA) is 100 Å². The van der Waals surface area contributed by atoms with Gasteiger partial charge in [-0.15, -0.1) is 0 Å². The van der Waals surface area contributed by atoms with Crippen LogP contribution in [0.5, 0.6) is 11.5 Å². The summed E-state index contributed by atoms with van der Waals surface area (Å²) >= 11 is -0.634. The van der Waals surface area contributed by atoms with Gasteiger partial charge in [-0.3, -0.25) is 9.58 Å². The second-order valence-corrected chi connectivity index (χ2v) is 11.9. The Morgan fingerprint density at radius 2 is 1.83 bits per heavy atom. The highest BCUT2D eigenvalue weighted by molar-refractivity contribution is 7.91. The van der Waals surface area contributed by atoms with Gasteiger partial charge in [0.25, 0.3) is 0 Å². The Bertz CT molecular complexity index is 1600. The fourth-order valence-electron chi connectivity index (χ4n) is 5.14. The molecule has 0 radical (unpaired) electrons. The lowest BCUT2D eigenvalue weighted by atomic mass is 10.2. The van der Waals surface area contributed by atoms with Crippen molar-refractivity contribution in [3.63, 3.8) is 0 Å². The van der Waals surface area contributed by atoms with E-state index in [4.69, 9.17) is 9.47 Å². The van der Waals surface area contributed by atoms with Gasteiger partial charge in [0.2, 0.25) is 0 Å². The lowest BCUT2D eigenvalue weighted by molar-refractivity contribution is 0.256. The molecular formula is C31H34N6O3S. The standard InChI is InChI=1S/C31H34N6O3S/c1-39-29-18-26-27(19-30(29)40-14-6-5-11-36-12-15-41(38)16-13-36)32-22-33-31(26)35-25-9-10-28-24(17-25)20-34-37(28)21-23-7-3-2-4-8-23/h2-4,7-10,17-20,22H,5-6,11-16,21H2,1H3,(H,32,33,35). The molecule has 0 bridgehead atoms. The number of ether oxygens (including phenoxy) is 2. The van der Waals surface area contributed by atoms with Crippen LogP contribution in [0.25, 0.3) is 21.8 Å². The molecule has 41 heavy (non-hydrogen) atoms. The van der Waals surface area contributed by atoms with Crippen molar-refractivity contribution in [2.24, 2.45) is 0 Å². The molecule has 0 spiro atoms. The minimum atomic E-state index is -0.634. The normalized spacial score (nSPS) is 14.5. The predicted molar refractivity (Wildman–Crippen MR) is 164 cm³/mol. The number of hydrogen-bond acceptors (Lipinski definition) is 8. The van der Waals surface area contributed by atoms with Crippen molar-refractivity contribution in [1.29, 1.82) is 0 Å². The third-order valence-corrected chi connectivity index (χ3v) is 8.67. The maximum atomic E-state index is 11.5. The molecule has 9 nitrogen and oxygen atoms in total. The second kappa shape index (κ2) is 12.8. The number of rotatable bonds is 11. The van der Waals surface area contributed by atoms with Crippen molar-refractivity contribution >= 4 is 44.5 Å². The van der Waals surface area contributed by atoms with Crippen LogP contribution in [-0.4, -0.2) is 74.1 Å². The quantitative estimate of drug-likeness (QED) is 0.175. The van der Waals surface area contributed by atoms with Crippen LogP contribution >= 0.6 is 0 Å².